The number of hydrogen-bond donors (Lipinski definition) is 0. The van der Waals surface area contributed by atoms with Gasteiger partial charge in [0.25, 0.3) is 0 Å². The molecule has 12 aromatic carbocycles. The fourth-order valence-corrected chi connectivity index (χ4v) is 11.1. The number of para-hydroxylation sites is 5. The Kier molecular flexibility index (Phi) is 10.2. The maximum absolute atomic E-state index is 6.45. The number of hydrogen-bond acceptors (Lipinski definition) is 2. The fourth-order valence-electron chi connectivity index (χ4n) is 11.1. The lowest BCUT2D eigenvalue weighted by molar-refractivity contribution is 0.670. The predicted octanol–water partition coefficient (Wildman–Crippen LogP) is 19.6. The van der Waals surface area contributed by atoms with Crippen LogP contribution in [0.4, 0.5) is 17.1 Å². The van der Waals surface area contributed by atoms with E-state index in [0.717, 1.165) is 66.8 Å². The van der Waals surface area contributed by atoms with Crippen LogP contribution in [0.5, 0.6) is 0 Å². The van der Waals surface area contributed by atoms with Crippen LogP contribution in [0, 0.1) is 0 Å². The Hall–Kier alpha value is -9.70. The number of fused-ring (bicyclic) bond motifs is 7. The monoisotopic (exact) mass is 930 g/mol. The smallest absolute Gasteiger partial charge is 0.143 e. The fraction of sp³-hybridized carbons (Fsp3) is 0. The van der Waals surface area contributed by atoms with Crippen molar-refractivity contribution in [1.29, 1.82) is 0 Å². The van der Waals surface area contributed by atoms with E-state index in [2.05, 4.69) is 276 Å². The van der Waals surface area contributed by atoms with Crippen molar-refractivity contribution in [2.75, 3.05) is 4.90 Å². The highest BCUT2D eigenvalue weighted by Crippen LogP contribution is 2.42. The predicted molar refractivity (Wildman–Crippen MR) is 307 cm³/mol. The van der Waals surface area contributed by atoms with Gasteiger partial charge in [0.05, 0.1) is 16.7 Å². The van der Waals surface area contributed by atoms with Gasteiger partial charge in [0.1, 0.15) is 11.2 Å². The summed E-state index contributed by atoms with van der Waals surface area (Å²) in [6.45, 7) is 0. The average molecular weight is 931 g/mol. The number of furan rings is 1. The average Bonchev–Trinajstić information content (AvgIpc) is 4.02. The van der Waals surface area contributed by atoms with E-state index in [1.807, 2.05) is 12.1 Å². The molecule has 0 saturated carbocycles. The van der Waals surface area contributed by atoms with Crippen LogP contribution in [0.15, 0.2) is 283 Å². The standard InChI is InChI=1S/C70H46N2O/c1-2-18-58-50(14-1)15-12-23-59(58)51-38-44-57(45-39-51)71(56-42-36-49(37-43-56)53-16-11-17-54(46-53)61-24-13-25-65-64-22-6-10-29-69(64)73-70(61)65)55-40-34-48(35-41-55)47-30-32-52(33-31-47)60-19-3-7-26-66(60)72-67-27-8-4-20-62(67)63-21-5-9-28-68(63)72/h1-46H. The molecule has 2 aromatic heterocycles. The van der Waals surface area contributed by atoms with E-state index < -0.39 is 0 Å². The summed E-state index contributed by atoms with van der Waals surface area (Å²) in [6.07, 6.45) is 0. The lowest BCUT2D eigenvalue weighted by atomic mass is 9.97. The van der Waals surface area contributed by atoms with Crippen molar-refractivity contribution in [3.05, 3.63) is 279 Å². The Morgan fingerprint density at radius 2 is 0.712 bits per heavy atom. The van der Waals surface area contributed by atoms with E-state index in [-0.39, 0.29) is 0 Å². The molecule has 0 N–H and O–H groups in total. The molecular formula is C70H46N2O. The Labute approximate surface area is 423 Å². The first-order valence-corrected chi connectivity index (χ1v) is 25.0. The Bertz CT molecular complexity index is 4290. The molecule has 0 aliphatic carbocycles. The van der Waals surface area contributed by atoms with Gasteiger partial charge in [0.2, 0.25) is 0 Å². The first kappa shape index (κ1) is 42.2. The quantitative estimate of drug-likeness (QED) is 0.144. The van der Waals surface area contributed by atoms with Crippen molar-refractivity contribution in [2.24, 2.45) is 0 Å². The minimum absolute atomic E-state index is 0.905. The van der Waals surface area contributed by atoms with Crippen LogP contribution in [0.2, 0.25) is 0 Å². The molecule has 14 aromatic rings. The molecule has 0 atom stereocenters. The summed E-state index contributed by atoms with van der Waals surface area (Å²) in [5.74, 6) is 0. The van der Waals surface area contributed by atoms with Crippen LogP contribution in [0.25, 0.3) is 116 Å². The molecule has 0 amide bonds. The summed E-state index contributed by atoms with van der Waals surface area (Å²) in [7, 11) is 0. The van der Waals surface area contributed by atoms with Gasteiger partial charge in [-0.05, 0) is 122 Å². The molecule has 0 aliphatic heterocycles. The number of aromatic nitrogens is 1. The number of benzene rings is 12. The molecule has 0 saturated heterocycles. The second kappa shape index (κ2) is 17.6. The molecule has 0 unspecified atom stereocenters. The van der Waals surface area contributed by atoms with Crippen LogP contribution in [0.3, 0.4) is 0 Å². The van der Waals surface area contributed by atoms with E-state index in [9.17, 15) is 0 Å². The van der Waals surface area contributed by atoms with Crippen LogP contribution in [0.1, 0.15) is 0 Å². The molecule has 2 heterocycles. The van der Waals surface area contributed by atoms with E-state index in [4.69, 9.17) is 4.42 Å². The van der Waals surface area contributed by atoms with Crippen molar-refractivity contribution >= 4 is 71.6 Å². The van der Waals surface area contributed by atoms with E-state index >= 15 is 0 Å². The first-order valence-electron chi connectivity index (χ1n) is 25.0. The highest BCUT2D eigenvalue weighted by molar-refractivity contribution is 6.11. The molecule has 73 heavy (non-hydrogen) atoms. The minimum atomic E-state index is 0.905. The molecule has 0 aliphatic rings. The third kappa shape index (κ3) is 7.37. The molecule has 0 spiro atoms. The van der Waals surface area contributed by atoms with Gasteiger partial charge in [-0.25, -0.2) is 0 Å². The van der Waals surface area contributed by atoms with Gasteiger partial charge in [0, 0.05) is 49.7 Å². The third-order valence-corrected chi connectivity index (χ3v) is 14.6. The lowest BCUT2D eigenvalue weighted by Gasteiger charge is -2.26. The molecule has 0 bridgehead atoms. The van der Waals surface area contributed by atoms with E-state index in [0.29, 0.717) is 0 Å². The largest absolute Gasteiger partial charge is 0.455 e. The lowest BCUT2D eigenvalue weighted by Crippen LogP contribution is -2.09. The number of anilines is 3. The normalized spacial score (nSPS) is 11.6. The van der Waals surface area contributed by atoms with Gasteiger partial charge < -0.3 is 13.9 Å². The van der Waals surface area contributed by atoms with Gasteiger partial charge in [-0.1, -0.05) is 212 Å². The van der Waals surface area contributed by atoms with Gasteiger partial charge in [-0.15, -0.1) is 0 Å². The molecule has 3 heteroatoms. The Balaban J connectivity index is 0.800. The maximum Gasteiger partial charge on any atom is 0.143 e. The summed E-state index contributed by atoms with van der Waals surface area (Å²) >= 11 is 0. The zero-order valence-corrected chi connectivity index (χ0v) is 39.9. The van der Waals surface area contributed by atoms with Crippen LogP contribution >= 0.6 is 0 Å². The molecule has 0 fully saturated rings. The van der Waals surface area contributed by atoms with Gasteiger partial charge in [-0.2, -0.15) is 0 Å². The molecule has 342 valence electrons. The van der Waals surface area contributed by atoms with Gasteiger partial charge in [0.15, 0.2) is 0 Å². The second-order valence-electron chi connectivity index (χ2n) is 18.8. The molecule has 0 radical (unpaired) electrons. The summed E-state index contributed by atoms with van der Waals surface area (Å²) in [4.78, 5) is 2.35. The molecular weight excluding hydrogens is 885 g/mol. The van der Waals surface area contributed by atoms with Crippen LogP contribution in [-0.2, 0) is 0 Å². The summed E-state index contributed by atoms with van der Waals surface area (Å²) in [6, 6.07) is 101. The van der Waals surface area contributed by atoms with Crippen molar-refractivity contribution in [1.82, 2.24) is 4.57 Å². The van der Waals surface area contributed by atoms with E-state index in [1.54, 1.807) is 0 Å². The first-order chi connectivity index (χ1) is 36.2. The summed E-state index contributed by atoms with van der Waals surface area (Å²) in [5.41, 5.74) is 20.2. The van der Waals surface area contributed by atoms with Gasteiger partial charge >= 0.3 is 0 Å². The minimum Gasteiger partial charge on any atom is -0.455 e. The van der Waals surface area contributed by atoms with E-state index in [1.165, 1.54) is 66.1 Å². The van der Waals surface area contributed by atoms with Crippen molar-refractivity contribution in [3.63, 3.8) is 0 Å². The van der Waals surface area contributed by atoms with Crippen molar-refractivity contribution in [2.45, 2.75) is 0 Å². The third-order valence-electron chi connectivity index (χ3n) is 14.6. The van der Waals surface area contributed by atoms with Gasteiger partial charge in [-0.3, -0.25) is 0 Å². The van der Waals surface area contributed by atoms with Crippen LogP contribution < -0.4 is 4.90 Å². The molecule has 3 nitrogen and oxygen atoms in total. The zero-order chi connectivity index (χ0) is 48.2. The highest BCUT2D eigenvalue weighted by atomic mass is 16.3. The topological polar surface area (TPSA) is 21.3 Å². The number of rotatable bonds is 9. The second-order valence-corrected chi connectivity index (χ2v) is 18.8. The van der Waals surface area contributed by atoms with Crippen molar-refractivity contribution < 1.29 is 4.42 Å². The maximum atomic E-state index is 6.45. The molecule has 14 rings (SSSR count). The summed E-state index contributed by atoms with van der Waals surface area (Å²) in [5, 5.41) is 7.28. The Morgan fingerprint density at radius 1 is 0.274 bits per heavy atom. The van der Waals surface area contributed by atoms with Crippen molar-refractivity contribution in [3.8, 4) is 61.3 Å². The highest BCUT2D eigenvalue weighted by Gasteiger charge is 2.18. The zero-order valence-electron chi connectivity index (χ0n) is 39.9. The number of nitrogens with zero attached hydrogens (tertiary/aromatic N) is 2. The van der Waals surface area contributed by atoms with Crippen LogP contribution in [-0.4, -0.2) is 4.57 Å². The summed E-state index contributed by atoms with van der Waals surface area (Å²) < 4.78 is 8.85. The Morgan fingerprint density at radius 3 is 1.41 bits per heavy atom. The SMILES string of the molecule is c1cc(-c2ccc(N(c3ccc(-c4ccc(-c5ccccc5-n5c6ccccc6c6ccccc65)cc4)cc3)c3ccc(-c4cccc5ccccc45)cc3)cc2)cc(-c2cccc3c2oc2ccccc23)c1.